The topological polar surface area (TPSA) is 79.8 Å². The van der Waals surface area contributed by atoms with Crippen LogP contribution in [0.2, 0.25) is 0 Å². The number of carbonyl (C=O) groups excluding carboxylic acids is 2. The van der Waals surface area contributed by atoms with Crippen LogP contribution in [0.4, 0.5) is 0 Å². The molecule has 33 heavy (non-hydrogen) atoms. The Morgan fingerprint density at radius 3 is 2.21 bits per heavy atom. The van der Waals surface area contributed by atoms with E-state index < -0.39 is 0 Å². The predicted molar refractivity (Wildman–Crippen MR) is 130 cm³/mol. The minimum absolute atomic E-state index is 0.0367. The Morgan fingerprint density at radius 2 is 1.58 bits per heavy atom. The van der Waals surface area contributed by atoms with Crippen molar-refractivity contribution in [2.75, 3.05) is 6.61 Å². The van der Waals surface area contributed by atoms with Crippen LogP contribution in [0.25, 0.3) is 0 Å². The first-order valence-corrected chi connectivity index (χ1v) is 10.8. The third kappa shape index (κ3) is 7.61. The predicted octanol–water partition coefficient (Wildman–Crippen LogP) is 4.44. The molecule has 0 heterocycles. The van der Waals surface area contributed by atoms with Gasteiger partial charge in [-0.15, -0.1) is 0 Å². The second kappa shape index (κ2) is 11.1. The summed E-state index contributed by atoms with van der Waals surface area (Å²) >= 11 is 0. The van der Waals surface area contributed by atoms with E-state index in [0.29, 0.717) is 17.9 Å². The fraction of sp³-hybridized carbons (Fsp3) is 0.222. The SMILES string of the molecule is CC(C)(C)c1ccc(C(=O)N/N=C\c2ccc(OCC(=O)NCc3ccccc3)cc2)cc1. The van der Waals surface area contributed by atoms with Gasteiger partial charge in [0.05, 0.1) is 6.21 Å². The van der Waals surface area contributed by atoms with Gasteiger partial charge in [-0.25, -0.2) is 5.43 Å². The van der Waals surface area contributed by atoms with E-state index in [1.807, 2.05) is 42.5 Å². The van der Waals surface area contributed by atoms with E-state index in [1.165, 1.54) is 5.56 Å². The minimum atomic E-state index is -0.270. The molecule has 0 spiro atoms. The molecule has 0 aliphatic carbocycles. The van der Waals surface area contributed by atoms with Crippen LogP contribution >= 0.6 is 0 Å². The first kappa shape index (κ1) is 23.7. The number of hydrogen-bond acceptors (Lipinski definition) is 4. The Labute approximate surface area is 194 Å². The van der Waals surface area contributed by atoms with Crippen LogP contribution in [0.15, 0.2) is 84.0 Å². The Morgan fingerprint density at radius 1 is 0.909 bits per heavy atom. The highest BCUT2D eigenvalue weighted by atomic mass is 16.5. The molecule has 0 aromatic heterocycles. The molecule has 3 rings (SSSR count). The molecule has 0 unspecified atom stereocenters. The van der Waals surface area contributed by atoms with E-state index in [2.05, 4.69) is 36.6 Å². The van der Waals surface area contributed by atoms with Gasteiger partial charge in [0.15, 0.2) is 6.61 Å². The van der Waals surface area contributed by atoms with Crippen LogP contribution in [0.5, 0.6) is 5.75 Å². The van der Waals surface area contributed by atoms with E-state index in [1.54, 1.807) is 42.6 Å². The van der Waals surface area contributed by atoms with Gasteiger partial charge in [0, 0.05) is 12.1 Å². The first-order valence-electron chi connectivity index (χ1n) is 10.8. The Bertz CT molecular complexity index is 1080. The maximum atomic E-state index is 12.3. The molecule has 0 radical (unpaired) electrons. The number of ether oxygens (including phenoxy) is 1. The highest BCUT2D eigenvalue weighted by molar-refractivity contribution is 5.94. The maximum absolute atomic E-state index is 12.3. The van der Waals surface area contributed by atoms with Gasteiger partial charge >= 0.3 is 0 Å². The summed E-state index contributed by atoms with van der Waals surface area (Å²) in [6.07, 6.45) is 1.55. The maximum Gasteiger partial charge on any atom is 0.271 e. The van der Waals surface area contributed by atoms with Gasteiger partial charge in [-0.3, -0.25) is 9.59 Å². The second-order valence-corrected chi connectivity index (χ2v) is 8.65. The summed E-state index contributed by atoms with van der Waals surface area (Å²) < 4.78 is 5.52. The van der Waals surface area contributed by atoms with E-state index in [-0.39, 0.29) is 23.8 Å². The molecular formula is C27H29N3O3. The third-order valence-electron chi connectivity index (χ3n) is 4.98. The first-order chi connectivity index (χ1) is 15.8. The van der Waals surface area contributed by atoms with Gasteiger partial charge in [0.2, 0.25) is 0 Å². The molecule has 0 fully saturated rings. The second-order valence-electron chi connectivity index (χ2n) is 8.65. The highest BCUT2D eigenvalue weighted by Gasteiger charge is 2.14. The van der Waals surface area contributed by atoms with Gasteiger partial charge < -0.3 is 10.1 Å². The number of carbonyl (C=O) groups is 2. The van der Waals surface area contributed by atoms with Gasteiger partial charge in [0.25, 0.3) is 11.8 Å². The molecule has 0 bridgehead atoms. The van der Waals surface area contributed by atoms with E-state index in [9.17, 15) is 9.59 Å². The van der Waals surface area contributed by atoms with Crippen molar-refractivity contribution in [1.29, 1.82) is 0 Å². The average molecular weight is 444 g/mol. The Balaban J connectivity index is 1.43. The van der Waals surface area contributed by atoms with Gasteiger partial charge in [-0.05, 0) is 58.5 Å². The molecule has 3 aromatic rings. The molecule has 6 nitrogen and oxygen atoms in total. The third-order valence-corrected chi connectivity index (χ3v) is 4.98. The molecule has 2 amide bonds. The molecule has 6 heteroatoms. The van der Waals surface area contributed by atoms with Crippen LogP contribution in [0.1, 0.15) is 47.8 Å². The normalized spacial score (nSPS) is 11.2. The van der Waals surface area contributed by atoms with Crippen LogP contribution in [-0.4, -0.2) is 24.6 Å². The summed E-state index contributed by atoms with van der Waals surface area (Å²) in [5, 5.41) is 6.83. The largest absolute Gasteiger partial charge is 0.484 e. The van der Waals surface area contributed by atoms with Gasteiger partial charge in [-0.2, -0.15) is 5.10 Å². The molecule has 0 atom stereocenters. The van der Waals surface area contributed by atoms with Crippen LogP contribution in [0.3, 0.4) is 0 Å². The monoisotopic (exact) mass is 443 g/mol. The number of hydrogen-bond donors (Lipinski definition) is 2. The molecule has 2 N–H and O–H groups in total. The van der Waals surface area contributed by atoms with Crippen LogP contribution in [-0.2, 0) is 16.8 Å². The number of amides is 2. The fourth-order valence-electron chi connectivity index (χ4n) is 3.00. The Hall–Kier alpha value is -3.93. The summed E-state index contributed by atoms with van der Waals surface area (Å²) in [5.74, 6) is 0.112. The summed E-state index contributed by atoms with van der Waals surface area (Å²) in [4.78, 5) is 24.2. The van der Waals surface area contributed by atoms with Crippen molar-refractivity contribution >= 4 is 18.0 Å². The van der Waals surface area contributed by atoms with Crippen molar-refractivity contribution in [3.63, 3.8) is 0 Å². The summed E-state index contributed by atoms with van der Waals surface area (Å²) in [6, 6.07) is 24.3. The quantitative estimate of drug-likeness (QED) is 0.399. The highest BCUT2D eigenvalue weighted by Crippen LogP contribution is 2.22. The molecule has 0 saturated carbocycles. The zero-order chi connectivity index (χ0) is 23.7. The van der Waals surface area contributed by atoms with Crippen molar-refractivity contribution in [2.24, 2.45) is 5.10 Å². The number of benzene rings is 3. The molecule has 170 valence electrons. The molecule has 0 saturated heterocycles. The average Bonchev–Trinajstić information content (AvgIpc) is 2.82. The van der Waals surface area contributed by atoms with E-state index >= 15 is 0 Å². The summed E-state index contributed by atoms with van der Waals surface area (Å²) in [5.41, 5.74) is 6.11. The number of hydrazone groups is 1. The number of nitrogens with zero attached hydrogens (tertiary/aromatic N) is 1. The number of nitrogens with one attached hydrogen (secondary N) is 2. The zero-order valence-corrected chi connectivity index (χ0v) is 19.2. The lowest BCUT2D eigenvalue weighted by atomic mass is 9.87. The lowest BCUT2D eigenvalue weighted by Gasteiger charge is -2.18. The smallest absolute Gasteiger partial charge is 0.271 e. The van der Waals surface area contributed by atoms with Crippen molar-refractivity contribution < 1.29 is 14.3 Å². The molecular weight excluding hydrogens is 414 g/mol. The zero-order valence-electron chi connectivity index (χ0n) is 19.2. The van der Waals surface area contributed by atoms with Crippen molar-refractivity contribution in [3.8, 4) is 5.75 Å². The lowest BCUT2D eigenvalue weighted by Crippen LogP contribution is -2.28. The van der Waals surface area contributed by atoms with Gasteiger partial charge in [0.1, 0.15) is 5.75 Å². The lowest BCUT2D eigenvalue weighted by molar-refractivity contribution is -0.123. The number of rotatable bonds is 8. The summed E-state index contributed by atoms with van der Waals surface area (Å²) in [7, 11) is 0. The molecule has 0 aliphatic rings. The van der Waals surface area contributed by atoms with E-state index in [4.69, 9.17) is 4.74 Å². The summed E-state index contributed by atoms with van der Waals surface area (Å²) in [6.45, 7) is 6.78. The van der Waals surface area contributed by atoms with Crippen LogP contribution < -0.4 is 15.5 Å². The van der Waals surface area contributed by atoms with Crippen molar-refractivity contribution in [3.05, 3.63) is 101 Å². The van der Waals surface area contributed by atoms with Crippen molar-refractivity contribution in [2.45, 2.75) is 32.7 Å². The molecule has 3 aromatic carbocycles. The standard InChI is InChI=1S/C27H29N3O3/c1-27(2,3)23-13-11-22(12-14-23)26(32)30-29-18-21-9-15-24(16-10-21)33-19-25(31)28-17-20-7-5-4-6-8-20/h4-16,18H,17,19H2,1-3H3,(H,28,31)(H,30,32)/b29-18-. The van der Waals surface area contributed by atoms with Gasteiger partial charge in [-0.1, -0.05) is 63.2 Å². The Kier molecular flexibility index (Phi) is 7.97. The van der Waals surface area contributed by atoms with E-state index in [0.717, 1.165) is 11.1 Å². The van der Waals surface area contributed by atoms with Crippen LogP contribution in [0, 0.1) is 0 Å². The fourth-order valence-corrected chi connectivity index (χ4v) is 3.00. The molecule has 0 aliphatic heterocycles. The minimum Gasteiger partial charge on any atom is -0.484 e. The van der Waals surface area contributed by atoms with Crippen molar-refractivity contribution in [1.82, 2.24) is 10.7 Å².